The molecule has 0 aliphatic carbocycles. The van der Waals surface area contributed by atoms with E-state index in [0.29, 0.717) is 4.90 Å². The third kappa shape index (κ3) is 5.11. The van der Waals surface area contributed by atoms with Crippen molar-refractivity contribution in [2.45, 2.75) is 12.6 Å². The number of hydrogen-bond acceptors (Lipinski definition) is 4. The molecule has 0 atom stereocenters. The number of amides is 2. The van der Waals surface area contributed by atoms with Crippen LogP contribution in [-0.4, -0.2) is 36.1 Å². The maximum absolute atomic E-state index is 12.7. The lowest BCUT2D eigenvalue weighted by molar-refractivity contribution is -0.132. The van der Waals surface area contributed by atoms with Gasteiger partial charge in [-0.05, 0) is 24.3 Å². The number of halogens is 3. The minimum Gasteiger partial charge on any atom is -0.459 e. The van der Waals surface area contributed by atoms with Gasteiger partial charge in [0.2, 0.25) is 5.91 Å². The fourth-order valence-corrected chi connectivity index (χ4v) is 1.90. The zero-order valence-corrected chi connectivity index (χ0v) is 12.4. The quantitative estimate of drug-likeness (QED) is 0.875. The summed E-state index contributed by atoms with van der Waals surface area (Å²) in [4.78, 5) is 28.0. The zero-order valence-electron chi connectivity index (χ0n) is 12.4. The van der Waals surface area contributed by atoms with Crippen LogP contribution in [-0.2, 0) is 4.79 Å². The summed E-state index contributed by atoms with van der Waals surface area (Å²) in [6, 6.07) is 7.28. The predicted octanol–water partition coefficient (Wildman–Crippen LogP) is 2.39. The lowest BCUT2D eigenvalue weighted by Crippen LogP contribution is -2.41. The highest BCUT2D eigenvalue weighted by Gasteiger charge is 2.34. The monoisotopic (exact) mass is 341 g/mol. The van der Waals surface area contributed by atoms with E-state index in [9.17, 15) is 22.8 Å². The standard InChI is InChI=1S/C15H14F3N3O3/c16-15(17,18)10-21(12-5-1-2-7-19-12)13(22)6-8-20-14(23)11-4-3-9-24-11/h1-5,7,9H,6,8,10H2,(H,20,23). The lowest BCUT2D eigenvalue weighted by atomic mass is 10.3. The van der Waals surface area contributed by atoms with Gasteiger partial charge in [0.1, 0.15) is 12.4 Å². The summed E-state index contributed by atoms with van der Waals surface area (Å²) >= 11 is 0. The molecule has 128 valence electrons. The summed E-state index contributed by atoms with van der Waals surface area (Å²) in [6.07, 6.45) is -2.26. The molecule has 6 nitrogen and oxygen atoms in total. The molecule has 0 saturated heterocycles. The Hall–Kier alpha value is -2.84. The Morgan fingerprint density at radius 1 is 1.21 bits per heavy atom. The van der Waals surface area contributed by atoms with Crippen molar-refractivity contribution >= 4 is 17.6 Å². The Morgan fingerprint density at radius 3 is 2.58 bits per heavy atom. The first-order valence-corrected chi connectivity index (χ1v) is 6.96. The minimum absolute atomic E-state index is 0.0549. The first-order chi connectivity index (χ1) is 11.4. The highest BCUT2D eigenvalue weighted by Crippen LogP contribution is 2.21. The highest BCUT2D eigenvalue weighted by atomic mass is 19.4. The van der Waals surface area contributed by atoms with Crippen molar-refractivity contribution in [2.75, 3.05) is 18.0 Å². The molecule has 0 aliphatic heterocycles. The Morgan fingerprint density at radius 2 is 2.00 bits per heavy atom. The van der Waals surface area contributed by atoms with Gasteiger partial charge < -0.3 is 9.73 Å². The first-order valence-electron chi connectivity index (χ1n) is 6.96. The molecule has 2 amide bonds. The maximum Gasteiger partial charge on any atom is 0.406 e. The maximum atomic E-state index is 12.7. The Bertz CT molecular complexity index is 672. The molecule has 1 N–H and O–H groups in total. The molecule has 0 unspecified atom stereocenters. The largest absolute Gasteiger partial charge is 0.459 e. The van der Waals surface area contributed by atoms with Gasteiger partial charge >= 0.3 is 6.18 Å². The second kappa shape index (κ2) is 7.62. The van der Waals surface area contributed by atoms with E-state index in [4.69, 9.17) is 4.42 Å². The van der Waals surface area contributed by atoms with Crippen molar-refractivity contribution in [2.24, 2.45) is 0 Å². The molecule has 0 spiro atoms. The van der Waals surface area contributed by atoms with E-state index >= 15 is 0 Å². The molecule has 0 radical (unpaired) electrons. The van der Waals surface area contributed by atoms with Crippen molar-refractivity contribution in [1.29, 1.82) is 0 Å². The van der Waals surface area contributed by atoms with Crippen molar-refractivity contribution in [3.05, 3.63) is 48.6 Å². The van der Waals surface area contributed by atoms with E-state index in [-0.39, 0.29) is 24.5 Å². The summed E-state index contributed by atoms with van der Waals surface area (Å²) in [5.41, 5.74) is 0. The van der Waals surface area contributed by atoms with Gasteiger partial charge in [-0.15, -0.1) is 0 Å². The van der Waals surface area contributed by atoms with Crippen LogP contribution in [0, 0.1) is 0 Å². The van der Waals surface area contributed by atoms with Gasteiger partial charge in [0.05, 0.1) is 6.26 Å². The summed E-state index contributed by atoms with van der Waals surface area (Å²) in [5.74, 6) is -1.39. The molecular weight excluding hydrogens is 327 g/mol. The molecule has 24 heavy (non-hydrogen) atoms. The van der Waals surface area contributed by atoms with Crippen molar-refractivity contribution in [3.8, 4) is 0 Å². The SMILES string of the molecule is O=C(NCCC(=O)N(CC(F)(F)F)c1ccccn1)c1ccco1. The van der Waals surface area contributed by atoms with Gasteiger partial charge in [-0.2, -0.15) is 13.2 Å². The van der Waals surface area contributed by atoms with E-state index in [1.54, 1.807) is 0 Å². The van der Waals surface area contributed by atoms with Crippen LogP contribution in [0.3, 0.4) is 0 Å². The van der Waals surface area contributed by atoms with Gasteiger partial charge in [-0.3, -0.25) is 14.5 Å². The molecule has 9 heteroatoms. The molecule has 2 rings (SSSR count). The topological polar surface area (TPSA) is 75.4 Å². The van der Waals surface area contributed by atoms with Gasteiger partial charge in [0.25, 0.3) is 5.91 Å². The molecule has 0 fully saturated rings. The fourth-order valence-electron chi connectivity index (χ4n) is 1.90. The van der Waals surface area contributed by atoms with Crippen molar-refractivity contribution in [1.82, 2.24) is 10.3 Å². The predicted molar refractivity (Wildman–Crippen MR) is 78.3 cm³/mol. The molecule has 0 aliphatic rings. The van der Waals surface area contributed by atoms with Crippen molar-refractivity contribution in [3.63, 3.8) is 0 Å². The molecule has 2 aromatic rings. The third-order valence-electron chi connectivity index (χ3n) is 2.93. The summed E-state index contributed by atoms with van der Waals surface area (Å²) < 4.78 is 42.9. The molecule has 2 aromatic heterocycles. The van der Waals surface area contributed by atoms with Crippen LogP contribution in [0.15, 0.2) is 47.2 Å². The van der Waals surface area contributed by atoms with Crippen LogP contribution < -0.4 is 10.2 Å². The molecule has 0 saturated carbocycles. The van der Waals surface area contributed by atoms with Crippen LogP contribution >= 0.6 is 0 Å². The zero-order chi connectivity index (χ0) is 17.6. The second-order valence-corrected chi connectivity index (χ2v) is 4.77. The van der Waals surface area contributed by atoms with Gasteiger partial charge in [-0.25, -0.2) is 4.98 Å². The minimum atomic E-state index is -4.56. The molecule has 0 bridgehead atoms. The number of furan rings is 1. The number of hydrogen-bond donors (Lipinski definition) is 1. The molecular formula is C15H14F3N3O3. The van der Waals surface area contributed by atoms with E-state index in [0.717, 1.165) is 0 Å². The van der Waals surface area contributed by atoms with E-state index in [1.165, 1.54) is 42.8 Å². The molecule has 0 aromatic carbocycles. The van der Waals surface area contributed by atoms with Gasteiger partial charge in [-0.1, -0.05) is 6.07 Å². The van der Waals surface area contributed by atoms with E-state index < -0.39 is 24.5 Å². The number of pyridine rings is 1. The van der Waals surface area contributed by atoms with Crippen LogP contribution in [0.5, 0.6) is 0 Å². The number of rotatable bonds is 6. The number of carbonyl (C=O) groups is 2. The third-order valence-corrected chi connectivity index (χ3v) is 2.93. The number of alkyl halides is 3. The number of nitrogens with zero attached hydrogens (tertiary/aromatic N) is 2. The van der Waals surface area contributed by atoms with Crippen LogP contribution in [0.25, 0.3) is 0 Å². The number of anilines is 1. The Labute approximate surface area is 135 Å². The normalized spacial score (nSPS) is 11.1. The number of aromatic nitrogens is 1. The Kier molecular flexibility index (Phi) is 5.56. The van der Waals surface area contributed by atoms with Crippen LogP contribution in [0.4, 0.5) is 19.0 Å². The average Bonchev–Trinajstić information content (AvgIpc) is 3.07. The number of carbonyl (C=O) groups excluding carboxylic acids is 2. The first kappa shape index (κ1) is 17.5. The second-order valence-electron chi connectivity index (χ2n) is 4.77. The summed E-state index contributed by atoms with van der Waals surface area (Å²) in [5, 5.41) is 2.40. The van der Waals surface area contributed by atoms with Crippen LogP contribution in [0.1, 0.15) is 17.0 Å². The van der Waals surface area contributed by atoms with E-state index in [2.05, 4.69) is 10.3 Å². The number of nitrogens with one attached hydrogen (secondary N) is 1. The summed E-state index contributed by atoms with van der Waals surface area (Å²) in [7, 11) is 0. The van der Waals surface area contributed by atoms with E-state index in [1.807, 2.05) is 0 Å². The Balaban J connectivity index is 1.96. The van der Waals surface area contributed by atoms with Crippen LogP contribution in [0.2, 0.25) is 0 Å². The van der Waals surface area contributed by atoms with Crippen molar-refractivity contribution < 1.29 is 27.2 Å². The average molecular weight is 341 g/mol. The highest BCUT2D eigenvalue weighted by molar-refractivity contribution is 5.94. The van der Waals surface area contributed by atoms with Gasteiger partial charge in [0.15, 0.2) is 5.76 Å². The smallest absolute Gasteiger partial charge is 0.406 e. The summed E-state index contributed by atoms with van der Waals surface area (Å²) in [6.45, 7) is -1.57. The fraction of sp³-hybridized carbons (Fsp3) is 0.267. The molecule has 2 heterocycles. The van der Waals surface area contributed by atoms with Gasteiger partial charge in [0, 0.05) is 19.2 Å². The lowest BCUT2D eigenvalue weighted by Gasteiger charge is -2.23.